The van der Waals surface area contributed by atoms with E-state index in [1.54, 1.807) is 18.3 Å². The van der Waals surface area contributed by atoms with Crippen molar-refractivity contribution in [3.05, 3.63) is 101 Å². The van der Waals surface area contributed by atoms with Crippen molar-refractivity contribution in [2.75, 3.05) is 24.5 Å². The summed E-state index contributed by atoms with van der Waals surface area (Å²) in [6.07, 6.45) is 1.69. The molecule has 166 valence electrons. The first kappa shape index (κ1) is 21.1. The minimum absolute atomic E-state index is 0.152. The van der Waals surface area contributed by atoms with Gasteiger partial charge in [0.25, 0.3) is 0 Å². The van der Waals surface area contributed by atoms with E-state index in [0.717, 1.165) is 31.2 Å². The molecule has 1 aromatic carbocycles. The molecule has 1 unspecified atom stereocenters. The molecule has 3 aromatic heterocycles. The maximum atomic E-state index is 13.6. The molecular weight excluding hydrogens is 412 g/mol. The summed E-state index contributed by atoms with van der Waals surface area (Å²) < 4.78 is 5.86. The summed E-state index contributed by atoms with van der Waals surface area (Å²) in [5.74, 6) is 2.06. The predicted octanol–water partition coefficient (Wildman–Crippen LogP) is 4.74. The zero-order valence-corrected chi connectivity index (χ0v) is 18.8. The van der Waals surface area contributed by atoms with Crippen LogP contribution < -0.4 is 10.2 Å². The van der Waals surface area contributed by atoms with Crippen LogP contribution in [0.4, 0.5) is 5.82 Å². The van der Waals surface area contributed by atoms with Gasteiger partial charge in [-0.25, -0.2) is 4.98 Å². The topological polar surface area (TPSA) is 71.3 Å². The van der Waals surface area contributed by atoms with E-state index in [1.165, 1.54) is 5.56 Å². The molecule has 1 fully saturated rings. The quantitative estimate of drug-likeness (QED) is 0.454. The molecule has 6 nitrogen and oxygen atoms in total. The van der Waals surface area contributed by atoms with Gasteiger partial charge in [0, 0.05) is 48.7 Å². The molecule has 0 amide bonds. The normalized spacial score (nSPS) is 16.1. The maximum absolute atomic E-state index is 13.6. The van der Waals surface area contributed by atoms with E-state index in [-0.39, 0.29) is 11.8 Å². The molecule has 0 saturated carbocycles. The van der Waals surface area contributed by atoms with Gasteiger partial charge in [-0.1, -0.05) is 30.3 Å². The van der Waals surface area contributed by atoms with Gasteiger partial charge in [-0.15, -0.1) is 0 Å². The highest BCUT2D eigenvalue weighted by Crippen LogP contribution is 2.30. The van der Waals surface area contributed by atoms with Crippen LogP contribution in [0.3, 0.4) is 0 Å². The minimum Gasteiger partial charge on any atom is -0.461 e. The Bertz CT molecular complexity index is 1280. The number of benzene rings is 1. The van der Waals surface area contributed by atoms with Crippen LogP contribution >= 0.6 is 0 Å². The van der Waals surface area contributed by atoms with E-state index in [0.29, 0.717) is 28.3 Å². The molecule has 4 aromatic rings. The standard InChI is InChI=1S/C27H26N4O2/c1-18-10-12-24(33-18)22-11-13-25(30-26(22)27(32)21-9-6-14-28-19(21)2)31-16-15-29-23(17-31)20-7-4-3-5-8-20/h3-14,23,29H,15-17H2,1-2H3. The number of pyridine rings is 2. The summed E-state index contributed by atoms with van der Waals surface area (Å²) in [6, 6.07) is 21.9. The molecule has 0 aliphatic carbocycles. The van der Waals surface area contributed by atoms with Crippen molar-refractivity contribution in [3.63, 3.8) is 0 Å². The molecule has 1 N–H and O–H groups in total. The monoisotopic (exact) mass is 438 g/mol. The highest BCUT2D eigenvalue weighted by atomic mass is 16.3. The first-order chi connectivity index (χ1) is 16.1. The number of hydrogen-bond acceptors (Lipinski definition) is 6. The van der Waals surface area contributed by atoms with Crippen LogP contribution in [0.5, 0.6) is 0 Å². The number of piperazine rings is 1. The van der Waals surface area contributed by atoms with E-state index in [1.807, 2.05) is 44.2 Å². The van der Waals surface area contributed by atoms with E-state index >= 15 is 0 Å². The number of aromatic nitrogens is 2. The Morgan fingerprint density at radius 1 is 1.03 bits per heavy atom. The lowest BCUT2D eigenvalue weighted by molar-refractivity contribution is 0.103. The lowest BCUT2D eigenvalue weighted by Crippen LogP contribution is -2.46. The van der Waals surface area contributed by atoms with Crippen molar-refractivity contribution in [3.8, 4) is 11.3 Å². The Balaban J connectivity index is 1.54. The maximum Gasteiger partial charge on any atom is 0.214 e. The fourth-order valence-electron chi connectivity index (χ4n) is 4.29. The summed E-state index contributed by atoms with van der Waals surface area (Å²) in [7, 11) is 0. The summed E-state index contributed by atoms with van der Waals surface area (Å²) in [5, 5.41) is 3.59. The van der Waals surface area contributed by atoms with E-state index in [2.05, 4.69) is 39.5 Å². The number of furan rings is 1. The number of anilines is 1. The molecule has 0 radical (unpaired) electrons. The summed E-state index contributed by atoms with van der Waals surface area (Å²) in [5.41, 5.74) is 3.55. The van der Waals surface area contributed by atoms with Crippen LogP contribution in [-0.2, 0) is 0 Å². The molecule has 0 bridgehead atoms. The number of hydrogen-bond donors (Lipinski definition) is 1. The third-order valence-electron chi connectivity index (χ3n) is 6.05. The van der Waals surface area contributed by atoms with Crippen LogP contribution in [0.2, 0.25) is 0 Å². The van der Waals surface area contributed by atoms with Gasteiger partial charge in [0.15, 0.2) is 0 Å². The van der Waals surface area contributed by atoms with Gasteiger partial charge in [0.2, 0.25) is 5.78 Å². The highest BCUT2D eigenvalue weighted by Gasteiger charge is 2.25. The lowest BCUT2D eigenvalue weighted by atomic mass is 10.0. The molecule has 33 heavy (non-hydrogen) atoms. The van der Waals surface area contributed by atoms with Crippen molar-refractivity contribution in [1.82, 2.24) is 15.3 Å². The SMILES string of the molecule is Cc1ccc(-c2ccc(N3CCNC(c4ccccc4)C3)nc2C(=O)c2cccnc2C)o1. The second-order valence-corrected chi connectivity index (χ2v) is 8.30. The first-order valence-corrected chi connectivity index (χ1v) is 11.2. The number of nitrogens with one attached hydrogen (secondary N) is 1. The van der Waals surface area contributed by atoms with Crippen molar-refractivity contribution >= 4 is 11.6 Å². The van der Waals surface area contributed by atoms with Crippen LogP contribution in [-0.4, -0.2) is 35.4 Å². The van der Waals surface area contributed by atoms with E-state index < -0.39 is 0 Å². The Labute approximate surface area is 193 Å². The number of carbonyl (C=O) groups is 1. The van der Waals surface area contributed by atoms with Crippen LogP contribution in [0.15, 0.2) is 77.3 Å². The third kappa shape index (κ3) is 4.30. The minimum atomic E-state index is -0.152. The fraction of sp³-hybridized carbons (Fsp3) is 0.222. The van der Waals surface area contributed by atoms with E-state index in [9.17, 15) is 4.79 Å². The van der Waals surface area contributed by atoms with Gasteiger partial charge in [-0.3, -0.25) is 9.78 Å². The Hall–Kier alpha value is -3.77. The average Bonchev–Trinajstić information content (AvgIpc) is 3.30. The number of nitrogens with zero attached hydrogens (tertiary/aromatic N) is 3. The zero-order valence-electron chi connectivity index (χ0n) is 18.8. The Morgan fingerprint density at radius 3 is 2.64 bits per heavy atom. The Morgan fingerprint density at radius 2 is 1.88 bits per heavy atom. The molecule has 1 atom stereocenters. The van der Waals surface area contributed by atoms with Gasteiger partial charge >= 0.3 is 0 Å². The van der Waals surface area contributed by atoms with Crippen molar-refractivity contribution in [2.45, 2.75) is 19.9 Å². The molecular formula is C27H26N4O2. The zero-order chi connectivity index (χ0) is 22.8. The van der Waals surface area contributed by atoms with Gasteiger partial charge in [0.05, 0.1) is 0 Å². The first-order valence-electron chi connectivity index (χ1n) is 11.2. The molecule has 1 saturated heterocycles. The van der Waals surface area contributed by atoms with Crippen molar-refractivity contribution in [1.29, 1.82) is 0 Å². The smallest absolute Gasteiger partial charge is 0.214 e. The third-order valence-corrected chi connectivity index (χ3v) is 6.05. The summed E-state index contributed by atoms with van der Waals surface area (Å²) >= 11 is 0. The largest absolute Gasteiger partial charge is 0.461 e. The van der Waals surface area contributed by atoms with Crippen molar-refractivity contribution in [2.24, 2.45) is 0 Å². The molecule has 6 heteroatoms. The second-order valence-electron chi connectivity index (χ2n) is 8.30. The van der Waals surface area contributed by atoms with Crippen molar-refractivity contribution < 1.29 is 9.21 Å². The summed E-state index contributed by atoms with van der Waals surface area (Å²) in [4.78, 5) is 25.0. The highest BCUT2D eigenvalue weighted by molar-refractivity contribution is 6.12. The Kier molecular flexibility index (Phi) is 5.75. The number of ketones is 1. The van der Waals surface area contributed by atoms with Crippen LogP contribution in [0, 0.1) is 13.8 Å². The van der Waals surface area contributed by atoms with Gasteiger partial charge < -0.3 is 14.6 Å². The number of carbonyl (C=O) groups excluding carboxylic acids is 1. The molecule has 4 heterocycles. The fourth-order valence-corrected chi connectivity index (χ4v) is 4.29. The van der Waals surface area contributed by atoms with Crippen LogP contribution in [0.25, 0.3) is 11.3 Å². The summed E-state index contributed by atoms with van der Waals surface area (Å²) in [6.45, 7) is 6.16. The second kappa shape index (κ2) is 9.00. The van der Waals surface area contributed by atoms with Gasteiger partial charge in [-0.05, 0) is 55.8 Å². The van der Waals surface area contributed by atoms with E-state index in [4.69, 9.17) is 9.40 Å². The molecule has 5 rings (SSSR count). The molecule has 0 spiro atoms. The van der Waals surface area contributed by atoms with Crippen LogP contribution in [0.1, 0.15) is 39.1 Å². The number of aryl methyl sites for hydroxylation is 2. The number of rotatable bonds is 5. The molecule has 1 aliphatic heterocycles. The van der Waals surface area contributed by atoms with Gasteiger partial charge in [0.1, 0.15) is 23.0 Å². The molecule has 1 aliphatic rings. The predicted molar refractivity (Wildman–Crippen MR) is 128 cm³/mol. The average molecular weight is 439 g/mol. The lowest BCUT2D eigenvalue weighted by Gasteiger charge is -2.35. The van der Waals surface area contributed by atoms with Gasteiger partial charge in [-0.2, -0.15) is 0 Å².